The molecule has 1 amide bonds. The molecule has 0 unspecified atom stereocenters. The summed E-state index contributed by atoms with van der Waals surface area (Å²) in [5, 5.41) is 9.41. The molecule has 3 aliphatic rings. The summed E-state index contributed by atoms with van der Waals surface area (Å²) in [6.07, 6.45) is 3.99. The van der Waals surface area contributed by atoms with Gasteiger partial charge in [-0.3, -0.25) is 9.59 Å². The molecule has 0 saturated carbocycles. The summed E-state index contributed by atoms with van der Waals surface area (Å²) in [6.45, 7) is 1.05. The first kappa shape index (κ1) is 13.5. The molecular formula is C17H17NO4. The van der Waals surface area contributed by atoms with Gasteiger partial charge in [0.25, 0.3) is 0 Å². The lowest BCUT2D eigenvalue weighted by atomic mass is 9.77. The number of benzene rings is 1. The molecule has 114 valence electrons. The van der Waals surface area contributed by atoms with Crippen molar-refractivity contribution in [3.63, 3.8) is 0 Å². The van der Waals surface area contributed by atoms with Crippen LogP contribution in [0.1, 0.15) is 5.56 Å². The molecule has 2 fully saturated rings. The molecule has 4 atom stereocenters. The fourth-order valence-corrected chi connectivity index (χ4v) is 3.96. The average Bonchev–Trinajstić information content (AvgIpc) is 3.14. The zero-order valence-corrected chi connectivity index (χ0v) is 12.0. The first-order chi connectivity index (χ1) is 10.6. The number of aliphatic carboxylic acids is 1. The van der Waals surface area contributed by atoms with E-state index in [0.717, 1.165) is 6.42 Å². The molecule has 3 heterocycles. The van der Waals surface area contributed by atoms with E-state index in [0.29, 0.717) is 13.1 Å². The number of likely N-dealkylation sites (tertiary alicyclic amines) is 1. The number of ether oxygens (including phenoxy) is 1. The van der Waals surface area contributed by atoms with Crippen molar-refractivity contribution in [1.82, 2.24) is 4.90 Å². The Kier molecular flexibility index (Phi) is 2.87. The van der Waals surface area contributed by atoms with E-state index in [9.17, 15) is 14.7 Å². The van der Waals surface area contributed by atoms with Crippen molar-refractivity contribution in [2.75, 3.05) is 13.1 Å². The first-order valence-corrected chi connectivity index (χ1v) is 7.53. The Morgan fingerprint density at radius 1 is 1.36 bits per heavy atom. The summed E-state index contributed by atoms with van der Waals surface area (Å²) in [4.78, 5) is 25.9. The lowest BCUT2D eigenvalue weighted by molar-refractivity contribution is -0.148. The van der Waals surface area contributed by atoms with E-state index in [2.05, 4.69) is 0 Å². The molecule has 1 aromatic rings. The van der Waals surface area contributed by atoms with Gasteiger partial charge in [-0.15, -0.1) is 0 Å². The lowest BCUT2D eigenvalue weighted by Crippen LogP contribution is -2.39. The van der Waals surface area contributed by atoms with Crippen LogP contribution < -0.4 is 0 Å². The largest absolute Gasteiger partial charge is 0.481 e. The second kappa shape index (κ2) is 4.68. The van der Waals surface area contributed by atoms with E-state index in [-0.39, 0.29) is 5.91 Å². The van der Waals surface area contributed by atoms with Crippen LogP contribution in [0.4, 0.5) is 0 Å². The minimum atomic E-state index is -0.945. The molecule has 2 saturated heterocycles. The van der Waals surface area contributed by atoms with Crippen LogP contribution in [0.5, 0.6) is 0 Å². The van der Waals surface area contributed by atoms with Crippen molar-refractivity contribution in [3.05, 3.63) is 48.0 Å². The third kappa shape index (κ3) is 1.82. The minimum absolute atomic E-state index is 0.0878. The molecule has 1 aromatic carbocycles. The van der Waals surface area contributed by atoms with Crippen LogP contribution in [0.15, 0.2) is 42.5 Å². The summed E-state index contributed by atoms with van der Waals surface area (Å²) in [5.74, 6) is -2.36. The highest BCUT2D eigenvalue weighted by Crippen LogP contribution is 2.51. The molecule has 0 aliphatic carbocycles. The number of carbonyl (C=O) groups excluding carboxylic acids is 1. The van der Waals surface area contributed by atoms with Crippen LogP contribution in [0.2, 0.25) is 0 Å². The van der Waals surface area contributed by atoms with Gasteiger partial charge in [0.2, 0.25) is 5.91 Å². The van der Waals surface area contributed by atoms with Gasteiger partial charge in [0.1, 0.15) is 11.5 Å². The second-order valence-electron chi connectivity index (χ2n) is 6.23. The Labute approximate surface area is 128 Å². The van der Waals surface area contributed by atoms with Crippen molar-refractivity contribution >= 4 is 11.9 Å². The molecule has 2 bridgehead atoms. The number of rotatable bonds is 4. The van der Waals surface area contributed by atoms with Gasteiger partial charge in [-0.2, -0.15) is 0 Å². The van der Waals surface area contributed by atoms with Gasteiger partial charge in [-0.25, -0.2) is 0 Å². The molecule has 22 heavy (non-hydrogen) atoms. The van der Waals surface area contributed by atoms with Crippen LogP contribution >= 0.6 is 0 Å². The first-order valence-electron chi connectivity index (χ1n) is 7.53. The van der Waals surface area contributed by atoms with Gasteiger partial charge < -0.3 is 14.7 Å². The summed E-state index contributed by atoms with van der Waals surface area (Å²) in [7, 11) is 0. The van der Waals surface area contributed by atoms with Crippen molar-refractivity contribution in [2.45, 2.75) is 18.1 Å². The van der Waals surface area contributed by atoms with E-state index >= 15 is 0 Å². The van der Waals surface area contributed by atoms with Crippen LogP contribution in [0, 0.1) is 11.8 Å². The maximum absolute atomic E-state index is 12.7. The topological polar surface area (TPSA) is 66.8 Å². The number of carboxylic acids is 1. The summed E-state index contributed by atoms with van der Waals surface area (Å²) < 4.78 is 5.86. The fourth-order valence-electron chi connectivity index (χ4n) is 3.96. The molecule has 5 heteroatoms. The fraction of sp³-hybridized carbons (Fsp3) is 0.412. The molecule has 0 radical (unpaired) electrons. The smallest absolute Gasteiger partial charge is 0.310 e. The van der Waals surface area contributed by atoms with Gasteiger partial charge in [0.15, 0.2) is 0 Å². The highest BCUT2D eigenvalue weighted by Gasteiger charge is 2.66. The van der Waals surface area contributed by atoms with E-state index < -0.39 is 29.5 Å². The maximum atomic E-state index is 12.7. The predicted molar refractivity (Wildman–Crippen MR) is 78.1 cm³/mol. The van der Waals surface area contributed by atoms with Gasteiger partial charge in [0, 0.05) is 6.54 Å². The van der Waals surface area contributed by atoms with Crippen molar-refractivity contribution in [1.29, 1.82) is 0 Å². The van der Waals surface area contributed by atoms with Crippen molar-refractivity contribution in [3.8, 4) is 0 Å². The lowest BCUT2D eigenvalue weighted by Gasteiger charge is -2.21. The summed E-state index contributed by atoms with van der Waals surface area (Å²) >= 11 is 0. The van der Waals surface area contributed by atoms with Gasteiger partial charge in [-0.1, -0.05) is 42.5 Å². The Hall–Kier alpha value is -2.14. The number of hydrogen-bond donors (Lipinski definition) is 1. The number of fused-ring (bicyclic) bond motifs is 1. The molecule has 4 rings (SSSR count). The van der Waals surface area contributed by atoms with Crippen LogP contribution in [0.3, 0.4) is 0 Å². The Bertz CT molecular complexity index is 656. The third-order valence-corrected chi connectivity index (χ3v) is 4.98. The highest BCUT2D eigenvalue weighted by atomic mass is 16.5. The molecule has 1 spiro atoms. The third-order valence-electron chi connectivity index (χ3n) is 4.98. The Morgan fingerprint density at radius 2 is 2.14 bits per heavy atom. The van der Waals surface area contributed by atoms with E-state index in [1.165, 1.54) is 5.56 Å². The minimum Gasteiger partial charge on any atom is -0.481 e. The quantitative estimate of drug-likeness (QED) is 0.845. The highest BCUT2D eigenvalue weighted by molar-refractivity contribution is 5.90. The standard InChI is InChI=1S/C17H17NO4/c19-15-14-13(16(20)21)12-6-8-17(14,22-12)10-18(15)9-7-11-4-2-1-3-5-11/h1-6,8,12-14H,7,9-10H2,(H,20,21)/t12-,13-,14+,17+/m1/s1. The number of carboxylic acid groups (broad SMARTS) is 1. The molecule has 3 aliphatic heterocycles. The average molecular weight is 299 g/mol. The van der Waals surface area contributed by atoms with Gasteiger partial charge >= 0.3 is 5.97 Å². The maximum Gasteiger partial charge on any atom is 0.310 e. The number of amides is 1. The number of nitrogens with zero attached hydrogens (tertiary/aromatic N) is 1. The van der Waals surface area contributed by atoms with Crippen LogP contribution in [-0.2, 0) is 20.7 Å². The van der Waals surface area contributed by atoms with E-state index in [1.807, 2.05) is 36.4 Å². The Balaban J connectivity index is 1.53. The Morgan fingerprint density at radius 3 is 2.86 bits per heavy atom. The zero-order chi connectivity index (χ0) is 15.3. The van der Waals surface area contributed by atoms with Crippen LogP contribution in [0.25, 0.3) is 0 Å². The second-order valence-corrected chi connectivity index (χ2v) is 6.23. The van der Waals surface area contributed by atoms with Crippen LogP contribution in [-0.4, -0.2) is 46.7 Å². The van der Waals surface area contributed by atoms with E-state index in [4.69, 9.17) is 4.74 Å². The monoisotopic (exact) mass is 299 g/mol. The predicted octanol–water partition coefficient (Wildman–Crippen LogP) is 1.10. The van der Waals surface area contributed by atoms with Gasteiger partial charge in [0.05, 0.1) is 18.6 Å². The molecule has 1 N–H and O–H groups in total. The zero-order valence-electron chi connectivity index (χ0n) is 12.0. The summed E-state index contributed by atoms with van der Waals surface area (Å²) in [6, 6.07) is 9.97. The summed E-state index contributed by atoms with van der Waals surface area (Å²) in [5.41, 5.74) is 0.446. The normalized spacial score (nSPS) is 35.2. The molecular weight excluding hydrogens is 282 g/mol. The number of carbonyl (C=O) groups is 2. The molecule has 0 aromatic heterocycles. The SMILES string of the molecule is O=C(O)[C@H]1[C@H]2C(=O)N(CCc3ccccc3)C[C@@]23C=C[C@H]1O3. The van der Waals surface area contributed by atoms with Crippen molar-refractivity contribution in [2.24, 2.45) is 11.8 Å². The van der Waals surface area contributed by atoms with E-state index in [1.54, 1.807) is 11.0 Å². The molecule has 5 nitrogen and oxygen atoms in total. The number of hydrogen-bond acceptors (Lipinski definition) is 3. The van der Waals surface area contributed by atoms with Gasteiger partial charge in [-0.05, 0) is 12.0 Å². The van der Waals surface area contributed by atoms with Crippen molar-refractivity contribution < 1.29 is 19.4 Å².